The highest BCUT2D eigenvalue weighted by Gasteiger charge is 2.13. The van der Waals surface area contributed by atoms with Crippen LogP contribution in [0.2, 0.25) is 0 Å². The number of halogens is 1. The van der Waals surface area contributed by atoms with Crippen LogP contribution in [0.5, 0.6) is 0 Å². The molecule has 0 radical (unpaired) electrons. The summed E-state index contributed by atoms with van der Waals surface area (Å²) >= 11 is 0. The van der Waals surface area contributed by atoms with E-state index in [1.54, 1.807) is 12.1 Å². The Morgan fingerprint density at radius 3 is 1.63 bits per heavy atom. The van der Waals surface area contributed by atoms with Crippen molar-refractivity contribution in [1.82, 2.24) is 0 Å². The standard InChI is InChI=1S/C36H47FN2O2/c1-3-5-7-9-11-13-27-38(28-14-12-10-8-6-4-2)34-24-22-33(23-25-34)32-20-17-30(18-21-32)15-16-31-19-26-36(39(40)41)35(37)29-31/h15-26,29H,3-14,27-28H2,1-2H3. The van der Waals surface area contributed by atoms with Crippen LogP contribution >= 0.6 is 0 Å². The first-order valence-corrected chi connectivity index (χ1v) is 15.6. The minimum atomic E-state index is -0.826. The number of rotatable bonds is 19. The Bertz CT molecular complexity index is 1190. The molecule has 0 saturated heterocycles. The lowest BCUT2D eigenvalue weighted by molar-refractivity contribution is -0.387. The second-order valence-electron chi connectivity index (χ2n) is 11.0. The Kier molecular flexibility index (Phi) is 14.1. The van der Waals surface area contributed by atoms with Crippen molar-refractivity contribution in [3.63, 3.8) is 0 Å². The van der Waals surface area contributed by atoms with Gasteiger partial charge in [0.1, 0.15) is 0 Å². The maximum absolute atomic E-state index is 13.9. The van der Waals surface area contributed by atoms with Gasteiger partial charge in [-0.05, 0) is 59.4 Å². The molecule has 0 fully saturated rings. The summed E-state index contributed by atoms with van der Waals surface area (Å²) in [5.74, 6) is -0.826. The van der Waals surface area contributed by atoms with Crippen LogP contribution in [0.3, 0.4) is 0 Å². The van der Waals surface area contributed by atoms with E-state index in [-0.39, 0.29) is 0 Å². The zero-order valence-corrected chi connectivity index (χ0v) is 25.0. The smallest absolute Gasteiger partial charge is 0.304 e. The Morgan fingerprint density at radius 2 is 1.12 bits per heavy atom. The number of anilines is 1. The minimum Gasteiger partial charge on any atom is -0.372 e. The lowest BCUT2D eigenvalue weighted by Crippen LogP contribution is -2.25. The fourth-order valence-corrected chi connectivity index (χ4v) is 5.15. The van der Waals surface area contributed by atoms with Crippen LogP contribution in [0.1, 0.15) is 102 Å². The van der Waals surface area contributed by atoms with Crippen molar-refractivity contribution < 1.29 is 9.31 Å². The second-order valence-corrected chi connectivity index (χ2v) is 11.0. The monoisotopic (exact) mass is 558 g/mol. The van der Waals surface area contributed by atoms with E-state index in [0.717, 1.165) is 24.2 Å². The van der Waals surface area contributed by atoms with Crippen molar-refractivity contribution in [2.45, 2.75) is 90.9 Å². The van der Waals surface area contributed by atoms with E-state index in [4.69, 9.17) is 0 Å². The molecule has 3 aromatic carbocycles. The number of hydrogen-bond acceptors (Lipinski definition) is 3. The summed E-state index contributed by atoms with van der Waals surface area (Å²) in [5, 5.41) is 10.8. The highest BCUT2D eigenvalue weighted by Crippen LogP contribution is 2.26. The topological polar surface area (TPSA) is 46.4 Å². The third-order valence-electron chi connectivity index (χ3n) is 7.68. The maximum Gasteiger partial charge on any atom is 0.304 e. The van der Waals surface area contributed by atoms with Gasteiger partial charge in [-0.25, -0.2) is 0 Å². The first kappa shape index (κ1) is 32.0. The highest BCUT2D eigenvalue weighted by atomic mass is 19.1. The van der Waals surface area contributed by atoms with Crippen LogP contribution in [-0.2, 0) is 0 Å². The van der Waals surface area contributed by atoms with Gasteiger partial charge >= 0.3 is 5.69 Å². The average Bonchev–Trinajstić information content (AvgIpc) is 2.98. The third-order valence-corrected chi connectivity index (χ3v) is 7.68. The average molecular weight is 559 g/mol. The second kappa shape index (κ2) is 18.1. The summed E-state index contributed by atoms with van der Waals surface area (Å²) < 4.78 is 13.9. The van der Waals surface area contributed by atoms with Gasteiger partial charge in [0.2, 0.25) is 5.82 Å². The van der Waals surface area contributed by atoms with Crippen molar-refractivity contribution in [2.24, 2.45) is 0 Å². The van der Waals surface area contributed by atoms with E-state index in [1.165, 1.54) is 100 Å². The molecular weight excluding hydrogens is 511 g/mol. The van der Waals surface area contributed by atoms with Crippen LogP contribution in [0.4, 0.5) is 15.8 Å². The van der Waals surface area contributed by atoms with Gasteiger partial charge in [0, 0.05) is 24.8 Å². The Morgan fingerprint density at radius 1 is 0.659 bits per heavy atom. The first-order valence-electron chi connectivity index (χ1n) is 15.6. The van der Waals surface area contributed by atoms with E-state index < -0.39 is 16.4 Å². The van der Waals surface area contributed by atoms with E-state index in [9.17, 15) is 14.5 Å². The third kappa shape index (κ3) is 11.1. The molecule has 0 aliphatic heterocycles. The molecule has 5 heteroatoms. The fraction of sp³-hybridized carbons (Fsp3) is 0.444. The van der Waals surface area contributed by atoms with Gasteiger partial charge in [-0.3, -0.25) is 10.1 Å². The maximum atomic E-state index is 13.9. The molecular formula is C36H47FN2O2. The molecule has 4 nitrogen and oxygen atoms in total. The normalized spacial score (nSPS) is 11.3. The number of unbranched alkanes of at least 4 members (excludes halogenated alkanes) is 10. The summed E-state index contributed by atoms with van der Waals surface area (Å²) in [5.41, 5.74) is 4.69. The summed E-state index contributed by atoms with van der Waals surface area (Å²) in [6, 6.07) is 21.2. The lowest BCUT2D eigenvalue weighted by atomic mass is 10.0. The van der Waals surface area contributed by atoms with Crippen molar-refractivity contribution in [2.75, 3.05) is 18.0 Å². The Balaban J connectivity index is 1.60. The number of nitro benzene ring substituents is 1. The molecule has 3 rings (SSSR count). The van der Waals surface area contributed by atoms with Crippen LogP contribution < -0.4 is 4.90 Å². The molecule has 0 spiro atoms. The SMILES string of the molecule is CCCCCCCCN(CCCCCCCC)c1ccc(-c2ccc(C=Cc3ccc([N+](=O)[O-])c(F)c3)cc2)cc1. The Hall–Kier alpha value is -3.47. The van der Waals surface area contributed by atoms with Gasteiger partial charge in [0.05, 0.1) is 4.92 Å². The fourth-order valence-electron chi connectivity index (χ4n) is 5.15. The quantitative estimate of drug-likeness (QED) is 0.0636. The largest absolute Gasteiger partial charge is 0.372 e. The molecule has 0 unspecified atom stereocenters. The number of benzene rings is 3. The van der Waals surface area contributed by atoms with Gasteiger partial charge in [0.25, 0.3) is 0 Å². The van der Waals surface area contributed by atoms with Crippen molar-refractivity contribution in [1.29, 1.82) is 0 Å². The summed E-state index contributed by atoms with van der Waals surface area (Å²) in [6.07, 6.45) is 19.4. The first-order chi connectivity index (χ1) is 20.0. The molecule has 0 aromatic heterocycles. The molecule has 0 amide bonds. The molecule has 220 valence electrons. The van der Waals surface area contributed by atoms with Crippen LogP contribution in [0, 0.1) is 15.9 Å². The number of hydrogen-bond donors (Lipinski definition) is 0. The molecule has 3 aromatic rings. The molecule has 0 atom stereocenters. The number of nitro groups is 1. The molecule has 0 heterocycles. The summed E-state index contributed by atoms with van der Waals surface area (Å²) in [4.78, 5) is 12.7. The van der Waals surface area contributed by atoms with Crippen molar-refractivity contribution in [3.05, 3.63) is 93.8 Å². The summed E-state index contributed by atoms with van der Waals surface area (Å²) in [7, 11) is 0. The van der Waals surface area contributed by atoms with Crippen LogP contribution in [0.25, 0.3) is 23.3 Å². The van der Waals surface area contributed by atoms with Gasteiger partial charge in [-0.2, -0.15) is 4.39 Å². The van der Waals surface area contributed by atoms with Gasteiger partial charge in [-0.15, -0.1) is 0 Å². The zero-order valence-electron chi connectivity index (χ0n) is 25.0. The Labute approximate surface area is 246 Å². The molecule has 0 N–H and O–H groups in total. The molecule has 0 bridgehead atoms. The predicted molar refractivity (Wildman–Crippen MR) is 173 cm³/mol. The highest BCUT2D eigenvalue weighted by molar-refractivity contribution is 5.73. The van der Waals surface area contributed by atoms with Crippen LogP contribution in [0.15, 0.2) is 66.7 Å². The molecule has 0 saturated carbocycles. The van der Waals surface area contributed by atoms with Gasteiger partial charge in [0.15, 0.2) is 0 Å². The summed E-state index contributed by atoms with van der Waals surface area (Å²) in [6.45, 7) is 6.79. The van der Waals surface area contributed by atoms with Crippen molar-refractivity contribution in [3.8, 4) is 11.1 Å². The van der Waals surface area contributed by atoms with Gasteiger partial charge in [-0.1, -0.05) is 127 Å². The predicted octanol–water partition coefficient (Wildman–Crippen LogP) is 11.1. The molecule has 0 aliphatic rings. The van der Waals surface area contributed by atoms with E-state index >= 15 is 0 Å². The molecule has 0 aliphatic carbocycles. The van der Waals surface area contributed by atoms with Crippen LogP contribution in [-0.4, -0.2) is 18.0 Å². The van der Waals surface area contributed by atoms with E-state index in [0.29, 0.717) is 5.56 Å². The molecule has 41 heavy (non-hydrogen) atoms. The van der Waals surface area contributed by atoms with E-state index in [2.05, 4.69) is 55.1 Å². The van der Waals surface area contributed by atoms with Gasteiger partial charge < -0.3 is 4.90 Å². The lowest BCUT2D eigenvalue weighted by Gasteiger charge is -2.25. The number of nitrogens with zero attached hydrogens (tertiary/aromatic N) is 2. The zero-order chi connectivity index (χ0) is 29.3. The van der Waals surface area contributed by atoms with E-state index in [1.807, 2.05) is 18.2 Å². The van der Waals surface area contributed by atoms with Crippen molar-refractivity contribution >= 4 is 23.5 Å². The minimum absolute atomic E-state index is 0.509.